The van der Waals surface area contributed by atoms with E-state index in [-0.39, 0.29) is 30.7 Å². The van der Waals surface area contributed by atoms with Crippen molar-refractivity contribution in [3.05, 3.63) is 106 Å². The predicted octanol–water partition coefficient (Wildman–Crippen LogP) is 5.28. The molecule has 2 fully saturated rings. The van der Waals surface area contributed by atoms with Crippen molar-refractivity contribution in [1.29, 1.82) is 0 Å². The molecule has 2 saturated heterocycles. The summed E-state index contributed by atoms with van der Waals surface area (Å²) >= 11 is 1.52. The summed E-state index contributed by atoms with van der Waals surface area (Å²) in [4.78, 5) is 30.0. The summed E-state index contributed by atoms with van der Waals surface area (Å²) in [6, 6.07) is 24.2. The normalized spacial score (nSPS) is 24.1. The summed E-state index contributed by atoms with van der Waals surface area (Å²) in [7, 11) is -1.25. The Morgan fingerprint density at radius 2 is 1.71 bits per heavy atom. The van der Waals surface area contributed by atoms with Gasteiger partial charge in [-0.3, -0.25) is 14.5 Å². The molecule has 0 bridgehead atoms. The molecule has 9 heteroatoms. The van der Waals surface area contributed by atoms with E-state index in [1.807, 2.05) is 78.2 Å². The van der Waals surface area contributed by atoms with Crippen LogP contribution in [0.25, 0.3) is 10.8 Å². The minimum Gasteiger partial charge on any atom is -0.507 e. The summed E-state index contributed by atoms with van der Waals surface area (Å²) in [6.07, 6.45) is 0.221. The van der Waals surface area contributed by atoms with Gasteiger partial charge in [-0.25, -0.2) is 0 Å². The molecule has 1 aliphatic carbocycles. The second-order valence-corrected chi connectivity index (χ2v) is 11.9. The summed E-state index contributed by atoms with van der Waals surface area (Å²) < 4.78 is 12.3. The number of imide groups is 1. The zero-order valence-electron chi connectivity index (χ0n) is 22.2. The van der Waals surface area contributed by atoms with Crippen molar-refractivity contribution in [2.75, 3.05) is 6.61 Å². The number of thiophene rings is 1. The molecular formula is C32H28BNO6S. The van der Waals surface area contributed by atoms with Crippen LogP contribution in [0.2, 0.25) is 0 Å². The molecule has 7 rings (SSSR count). The van der Waals surface area contributed by atoms with Crippen LogP contribution >= 0.6 is 11.3 Å². The lowest BCUT2D eigenvalue weighted by Gasteiger charge is -2.42. The Kier molecular flexibility index (Phi) is 6.65. The number of amides is 2. The van der Waals surface area contributed by atoms with E-state index in [4.69, 9.17) is 9.39 Å². The van der Waals surface area contributed by atoms with Crippen molar-refractivity contribution < 1.29 is 29.1 Å². The van der Waals surface area contributed by atoms with Crippen LogP contribution in [0.15, 0.2) is 95.3 Å². The molecule has 3 heterocycles. The molecule has 0 radical (unpaired) electrons. The first-order chi connectivity index (χ1) is 20.0. The van der Waals surface area contributed by atoms with Gasteiger partial charge in [0.2, 0.25) is 11.8 Å². The maximum Gasteiger partial charge on any atom is 0.487 e. The molecule has 0 unspecified atom stereocenters. The number of carbonyl (C=O) groups is 2. The Labute approximate surface area is 241 Å². The lowest BCUT2D eigenvalue weighted by molar-refractivity contribution is -0.140. The van der Waals surface area contributed by atoms with Crippen LogP contribution < -0.4 is 4.74 Å². The van der Waals surface area contributed by atoms with Crippen molar-refractivity contribution in [3.63, 3.8) is 0 Å². The monoisotopic (exact) mass is 565 g/mol. The number of carbonyl (C=O) groups excluding carboxylic acids is 2. The van der Waals surface area contributed by atoms with Crippen molar-refractivity contribution in [2.45, 2.75) is 25.5 Å². The maximum atomic E-state index is 13.9. The second kappa shape index (κ2) is 10.5. The molecule has 7 nitrogen and oxygen atoms in total. The van der Waals surface area contributed by atoms with Gasteiger partial charge in [-0.1, -0.05) is 54.6 Å². The molecule has 4 atom stereocenters. The Morgan fingerprint density at radius 1 is 0.927 bits per heavy atom. The number of benzene rings is 3. The lowest BCUT2D eigenvalue weighted by Crippen LogP contribution is -2.45. The average molecular weight is 565 g/mol. The Hall–Kier alpha value is -3.92. The van der Waals surface area contributed by atoms with Crippen LogP contribution in [0.1, 0.15) is 29.4 Å². The Morgan fingerprint density at radius 3 is 2.49 bits per heavy atom. The molecule has 0 saturated carbocycles. The van der Waals surface area contributed by atoms with E-state index in [1.54, 1.807) is 6.07 Å². The van der Waals surface area contributed by atoms with Gasteiger partial charge in [0, 0.05) is 10.3 Å². The van der Waals surface area contributed by atoms with Gasteiger partial charge in [-0.15, -0.1) is 11.3 Å². The average Bonchev–Trinajstić information content (AvgIpc) is 3.59. The quantitative estimate of drug-likeness (QED) is 0.244. The minimum atomic E-state index is -1.25. The number of ether oxygens (including phenoxy) is 1. The van der Waals surface area contributed by atoms with E-state index in [2.05, 4.69) is 0 Å². The lowest BCUT2D eigenvalue weighted by atomic mass is 9.55. The fourth-order valence-corrected chi connectivity index (χ4v) is 7.49. The molecule has 2 amide bonds. The van der Waals surface area contributed by atoms with E-state index < -0.39 is 31.0 Å². The topological polar surface area (TPSA) is 96.3 Å². The molecule has 4 aromatic rings. The first kappa shape index (κ1) is 26.0. The number of nitrogens with zero attached hydrogens (tertiary/aromatic N) is 1. The molecule has 2 aliphatic heterocycles. The van der Waals surface area contributed by atoms with E-state index in [0.29, 0.717) is 29.4 Å². The van der Waals surface area contributed by atoms with E-state index in [1.165, 1.54) is 16.2 Å². The van der Waals surface area contributed by atoms with Crippen LogP contribution in [0, 0.1) is 17.8 Å². The van der Waals surface area contributed by atoms with Crippen molar-refractivity contribution in [2.24, 2.45) is 17.8 Å². The van der Waals surface area contributed by atoms with Gasteiger partial charge in [0.1, 0.15) is 18.1 Å². The molecule has 3 aromatic carbocycles. The Bertz CT molecular complexity index is 1660. The molecule has 0 spiro atoms. The van der Waals surface area contributed by atoms with Crippen LogP contribution in [0.3, 0.4) is 0 Å². The zero-order valence-corrected chi connectivity index (χ0v) is 23.0. The number of para-hydroxylation sites is 1. The number of fused-ring (bicyclic) bond motifs is 4. The van der Waals surface area contributed by atoms with Gasteiger partial charge >= 0.3 is 7.12 Å². The second-order valence-electron chi connectivity index (χ2n) is 10.9. The maximum absolute atomic E-state index is 13.9. The van der Waals surface area contributed by atoms with E-state index in [9.17, 15) is 19.7 Å². The van der Waals surface area contributed by atoms with Gasteiger partial charge in [0.05, 0.1) is 24.5 Å². The Balaban J connectivity index is 1.27. The van der Waals surface area contributed by atoms with Crippen LogP contribution in [0.5, 0.6) is 11.5 Å². The first-order valence-corrected chi connectivity index (χ1v) is 14.7. The van der Waals surface area contributed by atoms with Gasteiger partial charge < -0.3 is 19.5 Å². The summed E-state index contributed by atoms with van der Waals surface area (Å²) in [5.41, 5.74) is 2.29. The fourth-order valence-electron chi connectivity index (χ4n) is 6.80. The SMILES string of the molecule is O=C1[C@H]2[C@H](CC(COc3ccccc3)=C3B(O)O[C@H](c4ccc(O)c5ccccc45)C[C@H]32)C(=O)N1Cc1cccs1. The van der Waals surface area contributed by atoms with Gasteiger partial charge in [0.15, 0.2) is 0 Å². The van der Waals surface area contributed by atoms with E-state index >= 15 is 0 Å². The number of phenolic OH excluding ortho intramolecular Hbond substituents is 1. The van der Waals surface area contributed by atoms with Gasteiger partial charge in [-0.2, -0.15) is 0 Å². The minimum absolute atomic E-state index is 0.167. The van der Waals surface area contributed by atoms with Crippen LogP contribution in [-0.2, 0) is 20.8 Å². The summed E-state index contributed by atoms with van der Waals surface area (Å²) in [6.45, 7) is 0.448. The van der Waals surface area contributed by atoms with Crippen molar-refractivity contribution >= 4 is 41.0 Å². The first-order valence-electron chi connectivity index (χ1n) is 13.8. The van der Waals surface area contributed by atoms with Crippen molar-refractivity contribution in [3.8, 4) is 11.5 Å². The third-order valence-electron chi connectivity index (χ3n) is 8.63. The number of allylic oxidation sites excluding steroid dienone is 1. The number of phenols is 1. The molecule has 3 aliphatic rings. The number of likely N-dealkylation sites (tertiary alicyclic amines) is 1. The highest BCUT2D eigenvalue weighted by atomic mass is 32.1. The fraction of sp³-hybridized carbons (Fsp3) is 0.250. The summed E-state index contributed by atoms with van der Waals surface area (Å²) in [5, 5.41) is 25.4. The van der Waals surface area contributed by atoms with Gasteiger partial charge in [-0.05, 0) is 70.4 Å². The third kappa shape index (κ3) is 4.54. The van der Waals surface area contributed by atoms with Crippen molar-refractivity contribution in [1.82, 2.24) is 4.90 Å². The largest absolute Gasteiger partial charge is 0.507 e. The van der Waals surface area contributed by atoms with Crippen LogP contribution in [-0.4, -0.2) is 40.6 Å². The molecule has 1 aromatic heterocycles. The number of aromatic hydroxyl groups is 1. The predicted molar refractivity (Wildman–Crippen MR) is 156 cm³/mol. The smallest absolute Gasteiger partial charge is 0.487 e. The molecule has 41 heavy (non-hydrogen) atoms. The van der Waals surface area contributed by atoms with E-state index in [0.717, 1.165) is 21.4 Å². The highest BCUT2D eigenvalue weighted by molar-refractivity contribution is 7.09. The standard InChI is InChI=1S/C32H28BNO6S/c35-27-13-12-24(22-10-4-5-11-23(22)27)28-16-25-29-26(31(36)34(32(29)37)17-21-9-6-14-41-21)15-19(30(25)33(38)40-28)18-39-20-7-2-1-3-8-20/h1-14,25-26,28-29,35,38H,15-18H2/t25-,26-,28-,29+/m0/s1. The molecule has 2 N–H and O–H groups in total. The molecule has 206 valence electrons. The van der Waals surface area contributed by atoms with Crippen LogP contribution in [0.4, 0.5) is 0 Å². The van der Waals surface area contributed by atoms with Gasteiger partial charge in [0.25, 0.3) is 0 Å². The number of hydrogen-bond donors (Lipinski definition) is 2. The molecular weight excluding hydrogens is 537 g/mol. The number of rotatable bonds is 6. The third-order valence-corrected chi connectivity index (χ3v) is 9.50. The zero-order chi connectivity index (χ0) is 28.1. The number of hydrogen-bond acceptors (Lipinski definition) is 7. The highest BCUT2D eigenvalue weighted by Gasteiger charge is 2.58. The summed E-state index contributed by atoms with van der Waals surface area (Å²) in [5.74, 6) is -1.00. The highest BCUT2D eigenvalue weighted by Crippen LogP contribution is 2.52.